The monoisotopic (exact) mass is 267 g/mol. The Morgan fingerprint density at radius 3 is 2.61 bits per heavy atom. The van der Waals surface area contributed by atoms with Crippen molar-refractivity contribution in [3.8, 4) is 0 Å². The van der Waals surface area contributed by atoms with Crippen LogP contribution in [0.4, 0.5) is 5.69 Å². The molecular weight excluding hydrogens is 246 g/mol. The van der Waals surface area contributed by atoms with Gasteiger partial charge in [0.2, 0.25) is 0 Å². The van der Waals surface area contributed by atoms with E-state index in [0.29, 0.717) is 10.9 Å². The van der Waals surface area contributed by atoms with Crippen molar-refractivity contribution in [2.75, 3.05) is 11.9 Å². The maximum atomic E-state index is 10.9. The average Bonchev–Trinajstić information content (AvgIpc) is 2.88. The minimum absolute atomic E-state index is 0.430. The second-order valence-electron chi connectivity index (χ2n) is 5.17. The summed E-state index contributed by atoms with van der Waals surface area (Å²) in [5.41, 5.74) is 1.05. The topological polar surface area (TPSA) is 40.5 Å². The Morgan fingerprint density at radius 1 is 1.44 bits per heavy atom. The molecule has 1 aromatic rings. The number of hydrogen-bond donors (Lipinski definition) is 1. The molecule has 4 heteroatoms. The third-order valence-electron chi connectivity index (χ3n) is 4.15. The van der Waals surface area contributed by atoms with Crippen LogP contribution in [-0.4, -0.2) is 24.2 Å². The Bertz CT molecular complexity index is 408. The summed E-state index contributed by atoms with van der Waals surface area (Å²) in [7, 11) is 2.09. The summed E-state index contributed by atoms with van der Waals surface area (Å²) in [6, 6.07) is 2.36. The second-order valence-corrected chi connectivity index (χ2v) is 6.08. The van der Waals surface area contributed by atoms with E-state index in [-0.39, 0.29) is 0 Å². The van der Waals surface area contributed by atoms with E-state index in [2.05, 4.69) is 18.9 Å². The lowest BCUT2D eigenvalue weighted by molar-refractivity contribution is 0.0702. The van der Waals surface area contributed by atoms with Crippen molar-refractivity contribution in [2.45, 2.75) is 45.1 Å². The highest BCUT2D eigenvalue weighted by molar-refractivity contribution is 7.12. The minimum Gasteiger partial charge on any atom is -0.477 e. The van der Waals surface area contributed by atoms with Crippen LogP contribution in [0.1, 0.15) is 48.7 Å². The summed E-state index contributed by atoms with van der Waals surface area (Å²) in [6.45, 7) is 2.27. The van der Waals surface area contributed by atoms with Crippen LogP contribution in [0.2, 0.25) is 0 Å². The molecule has 3 nitrogen and oxygen atoms in total. The van der Waals surface area contributed by atoms with Crippen LogP contribution in [0.3, 0.4) is 0 Å². The SMILES string of the molecule is CCC1CCC(N(C)c2csc(C(=O)O)c2)CC1. The van der Waals surface area contributed by atoms with Gasteiger partial charge in [-0.25, -0.2) is 4.79 Å². The second kappa shape index (κ2) is 5.74. The van der Waals surface area contributed by atoms with Crippen molar-refractivity contribution in [3.05, 3.63) is 16.3 Å². The van der Waals surface area contributed by atoms with E-state index < -0.39 is 5.97 Å². The lowest BCUT2D eigenvalue weighted by atomic mass is 9.84. The van der Waals surface area contributed by atoms with Crippen LogP contribution >= 0.6 is 11.3 Å². The summed E-state index contributed by atoms with van der Waals surface area (Å²) >= 11 is 1.31. The number of thiophene rings is 1. The molecule has 1 fully saturated rings. The fourth-order valence-electron chi connectivity index (χ4n) is 2.77. The fraction of sp³-hybridized carbons (Fsp3) is 0.643. The fourth-order valence-corrected chi connectivity index (χ4v) is 3.55. The van der Waals surface area contributed by atoms with Crippen LogP contribution in [0.25, 0.3) is 0 Å². The van der Waals surface area contributed by atoms with Gasteiger partial charge in [0, 0.05) is 24.2 Å². The smallest absolute Gasteiger partial charge is 0.345 e. The van der Waals surface area contributed by atoms with Gasteiger partial charge >= 0.3 is 5.97 Å². The van der Waals surface area contributed by atoms with Crippen LogP contribution in [0.15, 0.2) is 11.4 Å². The van der Waals surface area contributed by atoms with Gasteiger partial charge in [-0.05, 0) is 37.7 Å². The van der Waals surface area contributed by atoms with Gasteiger partial charge in [0.1, 0.15) is 4.88 Å². The maximum absolute atomic E-state index is 10.9. The largest absolute Gasteiger partial charge is 0.477 e. The van der Waals surface area contributed by atoms with E-state index in [1.807, 2.05) is 5.38 Å². The molecule has 0 radical (unpaired) electrons. The quantitative estimate of drug-likeness (QED) is 0.900. The van der Waals surface area contributed by atoms with Gasteiger partial charge in [0.05, 0.1) is 0 Å². The Morgan fingerprint density at radius 2 is 2.11 bits per heavy atom. The predicted octanol–water partition coefficient (Wildman–Crippen LogP) is 3.85. The number of anilines is 1. The number of carboxylic acids is 1. The maximum Gasteiger partial charge on any atom is 0.345 e. The molecule has 0 bridgehead atoms. The molecule has 1 aromatic heterocycles. The van der Waals surface area contributed by atoms with Crippen LogP contribution in [0, 0.1) is 5.92 Å². The van der Waals surface area contributed by atoms with Gasteiger partial charge in [-0.2, -0.15) is 0 Å². The zero-order chi connectivity index (χ0) is 13.1. The van der Waals surface area contributed by atoms with E-state index in [4.69, 9.17) is 5.11 Å². The van der Waals surface area contributed by atoms with Gasteiger partial charge in [-0.15, -0.1) is 11.3 Å². The molecule has 18 heavy (non-hydrogen) atoms. The molecule has 1 aliphatic rings. The molecule has 1 N–H and O–H groups in total. The number of carbonyl (C=O) groups is 1. The Labute approximate surface area is 112 Å². The first-order chi connectivity index (χ1) is 8.61. The number of aromatic carboxylic acids is 1. The van der Waals surface area contributed by atoms with Crippen LogP contribution in [0.5, 0.6) is 0 Å². The minimum atomic E-state index is -0.825. The van der Waals surface area contributed by atoms with Crippen molar-refractivity contribution in [2.24, 2.45) is 5.92 Å². The van der Waals surface area contributed by atoms with Gasteiger partial charge in [-0.1, -0.05) is 13.3 Å². The first-order valence-corrected chi connectivity index (χ1v) is 7.54. The first kappa shape index (κ1) is 13.4. The predicted molar refractivity (Wildman–Crippen MR) is 75.7 cm³/mol. The standard InChI is InChI=1S/C14H21NO2S/c1-3-10-4-6-11(7-5-10)15(2)12-8-13(14(16)17)18-9-12/h8-11H,3-7H2,1-2H3,(H,16,17). The summed E-state index contributed by atoms with van der Waals surface area (Å²) < 4.78 is 0. The van der Waals surface area contributed by atoms with E-state index in [1.54, 1.807) is 6.07 Å². The zero-order valence-electron chi connectivity index (χ0n) is 11.1. The molecule has 2 rings (SSSR count). The van der Waals surface area contributed by atoms with E-state index >= 15 is 0 Å². The number of carboxylic acid groups (broad SMARTS) is 1. The van der Waals surface area contributed by atoms with Crippen LogP contribution < -0.4 is 4.90 Å². The third kappa shape index (κ3) is 2.86. The van der Waals surface area contributed by atoms with Gasteiger partial charge in [0.15, 0.2) is 0 Å². The van der Waals surface area contributed by atoms with E-state index in [9.17, 15) is 4.79 Å². The molecule has 100 valence electrons. The molecule has 0 unspecified atom stereocenters. The lowest BCUT2D eigenvalue weighted by Crippen LogP contribution is -2.34. The van der Waals surface area contributed by atoms with E-state index in [1.165, 1.54) is 43.4 Å². The summed E-state index contributed by atoms with van der Waals surface area (Å²) in [5, 5.41) is 10.9. The summed E-state index contributed by atoms with van der Waals surface area (Å²) in [4.78, 5) is 13.6. The molecule has 0 spiro atoms. The number of hydrogen-bond acceptors (Lipinski definition) is 3. The first-order valence-electron chi connectivity index (χ1n) is 6.66. The highest BCUT2D eigenvalue weighted by atomic mass is 32.1. The number of rotatable bonds is 4. The van der Waals surface area contributed by atoms with Gasteiger partial charge < -0.3 is 10.0 Å². The summed E-state index contributed by atoms with van der Waals surface area (Å²) in [6.07, 6.45) is 6.36. The van der Waals surface area contributed by atoms with Gasteiger partial charge in [0.25, 0.3) is 0 Å². The molecule has 1 saturated carbocycles. The molecule has 0 atom stereocenters. The highest BCUT2D eigenvalue weighted by Crippen LogP contribution is 2.32. The Balaban J connectivity index is 1.98. The molecule has 0 aromatic carbocycles. The van der Waals surface area contributed by atoms with Crippen molar-refractivity contribution in [1.82, 2.24) is 0 Å². The van der Waals surface area contributed by atoms with E-state index in [0.717, 1.165) is 11.6 Å². The molecule has 0 aliphatic heterocycles. The van der Waals surface area contributed by atoms with Crippen molar-refractivity contribution >= 4 is 23.0 Å². The van der Waals surface area contributed by atoms with Crippen molar-refractivity contribution in [3.63, 3.8) is 0 Å². The van der Waals surface area contributed by atoms with Gasteiger partial charge in [-0.3, -0.25) is 0 Å². The summed E-state index contributed by atoms with van der Waals surface area (Å²) in [5.74, 6) is 0.0704. The molecule has 0 amide bonds. The van der Waals surface area contributed by atoms with Crippen molar-refractivity contribution < 1.29 is 9.90 Å². The van der Waals surface area contributed by atoms with Crippen LogP contribution in [-0.2, 0) is 0 Å². The molecule has 1 aliphatic carbocycles. The zero-order valence-corrected chi connectivity index (χ0v) is 11.9. The normalized spacial score (nSPS) is 23.9. The average molecular weight is 267 g/mol. The third-order valence-corrected chi connectivity index (χ3v) is 5.05. The number of nitrogens with zero attached hydrogens (tertiary/aromatic N) is 1. The molecule has 0 saturated heterocycles. The molecular formula is C14H21NO2S. The van der Waals surface area contributed by atoms with Crippen molar-refractivity contribution in [1.29, 1.82) is 0 Å². The Hall–Kier alpha value is -1.03. The molecule has 1 heterocycles. The Kier molecular flexibility index (Phi) is 4.27. The highest BCUT2D eigenvalue weighted by Gasteiger charge is 2.24. The lowest BCUT2D eigenvalue weighted by Gasteiger charge is -2.35.